The first-order valence-electron chi connectivity index (χ1n) is 4.68. The van der Waals surface area contributed by atoms with Gasteiger partial charge in [-0.2, -0.15) is 18.3 Å². The molecular weight excluding hydrogens is 225 g/mol. The van der Waals surface area contributed by atoms with E-state index in [1.54, 1.807) is 6.92 Å². The van der Waals surface area contributed by atoms with Crippen molar-refractivity contribution in [2.45, 2.75) is 26.1 Å². The molecule has 1 rings (SSSR count). The third kappa shape index (κ3) is 3.92. The zero-order valence-corrected chi connectivity index (χ0v) is 8.62. The third-order valence-corrected chi connectivity index (χ3v) is 1.77. The minimum absolute atomic E-state index is 0.157. The lowest BCUT2D eigenvalue weighted by atomic mass is 10.4. The molecule has 90 valence electrons. The van der Waals surface area contributed by atoms with Crippen molar-refractivity contribution in [3.05, 3.63) is 18.0 Å². The average molecular weight is 236 g/mol. The highest BCUT2D eigenvalue weighted by Gasteiger charge is 2.26. The minimum Gasteiger partial charge on any atom is -0.462 e. The maximum absolute atomic E-state index is 11.9. The van der Waals surface area contributed by atoms with E-state index in [4.69, 9.17) is 0 Å². The first-order chi connectivity index (χ1) is 7.42. The Morgan fingerprint density at radius 2 is 2.25 bits per heavy atom. The number of alkyl halides is 3. The Labute approximate surface area is 90.0 Å². The molecule has 0 atom stereocenters. The van der Waals surface area contributed by atoms with Crippen LogP contribution in [0.5, 0.6) is 0 Å². The van der Waals surface area contributed by atoms with Gasteiger partial charge in [0.05, 0.1) is 24.8 Å². The molecule has 0 fully saturated rings. The van der Waals surface area contributed by atoms with Gasteiger partial charge in [0.1, 0.15) is 0 Å². The van der Waals surface area contributed by atoms with Crippen molar-refractivity contribution >= 4 is 5.97 Å². The molecular formula is C9H11F3N2O2. The third-order valence-electron chi connectivity index (χ3n) is 1.77. The first kappa shape index (κ1) is 12.5. The van der Waals surface area contributed by atoms with Crippen molar-refractivity contribution in [3.63, 3.8) is 0 Å². The van der Waals surface area contributed by atoms with Gasteiger partial charge in [-0.1, -0.05) is 0 Å². The average Bonchev–Trinajstić information content (AvgIpc) is 2.62. The van der Waals surface area contributed by atoms with E-state index in [0.717, 1.165) is 4.68 Å². The van der Waals surface area contributed by atoms with Gasteiger partial charge >= 0.3 is 12.1 Å². The summed E-state index contributed by atoms with van der Waals surface area (Å²) in [5.41, 5.74) is 0.157. The van der Waals surface area contributed by atoms with Gasteiger partial charge in [-0.25, -0.2) is 4.79 Å². The highest BCUT2D eigenvalue weighted by atomic mass is 19.4. The number of hydrogen-bond donors (Lipinski definition) is 0. The summed E-state index contributed by atoms with van der Waals surface area (Å²) >= 11 is 0. The van der Waals surface area contributed by atoms with Crippen molar-refractivity contribution in [1.29, 1.82) is 0 Å². The largest absolute Gasteiger partial charge is 0.462 e. The summed E-state index contributed by atoms with van der Waals surface area (Å²) in [6.45, 7) is 1.56. The van der Waals surface area contributed by atoms with Crippen LogP contribution in [0.25, 0.3) is 0 Å². The van der Waals surface area contributed by atoms with Crippen LogP contribution in [0.3, 0.4) is 0 Å². The Morgan fingerprint density at radius 3 is 2.81 bits per heavy atom. The Kier molecular flexibility index (Phi) is 3.92. The molecule has 7 heteroatoms. The molecule has 0 unspecified atom stereocenters. The van der Waals surface area contributed by atoms with Crippen LogP contribution in [0.2, 0.25) is 0 Å². The van der Waals surface area contributed by atoms with Gasteiger partial charge in [-0.3, -0.25) is 4.68 Å². The number of nitrogens with zero attached hydrogens (tertiary/aromatic N) is 2. The number of esters is 1. The molecule has 4 nitrogen and oxygen atoms in total. The molecule has 0 bridgehead atoms. The predicted molar refractivity (Wildman–Crippen MR) is 48.9 cm³/mol. The van der Waals surface area contributed by atoms with Crippen molar-refractivity contribution in [3.8, 4) is 0 Å². The number of carbonyl (C=O) groups excluding carboxylic acids is 1. The minimum atomic E-state index is -4.23. The van der Waals surface area contributed by atoms with Crippen LogP contribution in [0.4, 0.5) is 13.2 Å². The van der Waals surface area contributed by atoms with Crippen LogP contribution in [-0.4, -0.2) is 28.5 Å². The molecule has 0 radical (unpaired) electrons. The molecule has 0 N–H and O–H groups in total. The molecule has 0 aliphatic carbocycles. The lowest BCUT2D eigenvalue weighted by Crippen LogP contribution is -2.12. The van der Waals surface area contributed by atoms with Gasteiger partial charge in [0.2, 0.25) is 0 Å². The molecule has 0 aliphatic heterocycles. The van der Waals surface area contributed by atoms with E-state index >= 15 is 0 Å². The number of hydrogen-bond acceptors (Lipinski definition) is 3. The van der Waals surface area contributed by atoms with Gasteiger partial charge in [0.15, 0.2) is 0 Å². The maximum atomic E-state index is 11.9. The fraction of sp³-hybridized carbons (Fsp3) is 0.556. The molecule has 0 amide bonds. The Morgan fingerprint density at radius 1 is 1.56 bits per heavy atom. The number of rotatable bonds is 4. The van der Waals surface area contributed by atoms with Gasteiger partial charge in [0, 0.05) is 12.7 Å². The Hall–Kier alpha value is -1.53. The molecule has 1 heterocycles. The highest BCUT2D eigenvalue weighted by molar-refractivity contribution is 5.88. The number of aryl methyl sites for hydroxylation is 1. The zero-order chi connectivity index (χ0) is 12.2. The van der Waals surface area contributed by atoms with Crippen LogP contribution in [0, 0.1) is 0 Å². The smallest absolute Gasteiger partial charge is 0.390 e. The second-order valence-electron chi connectivity index (χ2n) is 3.08. The molecule has 16 heavy (non-hydrogen) atoms. The van der Waals surface area contributed by atoms with E-state index in [0.29, 0.717) is 0 Å². The quantitative estimate of drug-likeness (QED) is 0.751. The van der Waals surface area contributed by atoms with E-state index in [2.05, 4.69) is 9.84 Å². The van der Waals surface area contributed by atoms with Crippen molar-refractivity contribution in [2.24, 2.45) is 0 Å². The SMILES string of the molecule is CCOC(=O)c1cnn(CCC(F)(F)F)c1. The Bertz CT molecular complexity index is 360. The second kappa shape index (κ2) is 5.00. The monoisotopic (exact) mass is 236 g/mol. The summed E-state index contributed by atoms with van der Waals surface area (Å²) < 4.78 is 41.4. The van der Waals surface area contributed by atoms with E-state index < -0.39 is 18.6 Å². The lowest BCUT2D eigenvalue weighted by Gasteiger charge is -2.05. The van der Waals surface area contributed by atoms with E-state index in [1.165, 1.54) is 12.4 Å². The van der Waals surface area contributed by atoms with Crippen molar-refractivity contribution in [1.82, 2.24) is 9.78 Å². The highest BCUT2D eigenvalue weighted by Crippen LogP contribution is 2.20. The van der Waals surface area contributed by atoms with Crippen LogP contribution in [0.15, 0.2) is 12.4 Å². The zero-order valence-electron chi connectivity index (χ0n) is 8.62. The normalized spacial score (nSPS) is 11.5. The number of carbonyl (C=O) groups is 1. The predicted octanol–water partition coefficient (Wildman–Crippen LogP) is 2.01. The topological polar surface area (TPSA) is 44.1 Å². The fourth-order valence-electron chi connectivity index (χ4n) is 1.05. The summed E-state index contributed by atoms with van der Waals surface area (Å²) in [4.78, 5) is 11.2. The van der Waals surface area contributed by atoms with Gasteiger partial charge in [-0.05, 0) is 6.92 Å². The molecule has 0 saturated heterocycles. The number of ether oxygens (including phenoxy) is 1. The van der Waals surface area contributed by atoms with Crippen LogP contribution < -0.4 is 0 Å². The molecule has 0 saturated carbocycles. The van der Waals surface area contributed by atoms with E-state index in [-0.39, 0.29) is 18.7 Å². The van der Waals surface area contributed by atoms with Crippen molar-refractivity contribution < 1.29 is 22.7 Å². The first-order valence-corrected chi connectivity index (χ1v) is 4.68. The fourth-order valence-corrected chi connectivity index (χ4v) is 1.05. The summed E-state index contributed by atoms with van der Waals surface area (Å²) in [6, 6.07) is 0. The van der Waals surface area contributed by atoms with Crippen LogP contribution in [-0.2, 0) is 11.3 Å². The van der Waals surface area contributed by atoms with Crippen molar-refractivity contribution in [2.75, 3.05) is 6.61 Å². The second-order valence-corrected chi connectivity index (χ2v) is 3.08. The van der Waals surface area contributed by atoms with Crippen LogP contribution >= 0.6 is 0 Å². The lowest BCUT2D eigenvalue weighted by molar-refractivity contribution is -0.137. The van der Waals surface area contributed by atoms with Gasteiger partial charge < -0.3 is 4.74 Å². The number of aromatic nitrogens is 2. The summed E-state index contributed by atoms with van der Waals surface area (Å²) in [7, 11) is 0. The number of halogens is 3. The van der Waals surface area contributed by atoms with Gasteiger partial charge in [-0.15, -0.1) is 0 Å². The van der Waals surface area contributed by atoms with E-state index in [9.17, 15) is 18.0 Å². The molecule has 0 aliphatic rings. The Balaban J connectivity index is 2.55. The van der Waals surface area contributed by atoms with Gasteiger partial charge in [0.25, 0.3) is 0 Å². The standard InChI is InChI=1S/C9H11F3N2O2/c1-2-16-8(15)7-5-13-14(6-7)4-3-9(10,11)12/h5-6H,2-4H2,1H3. The van der Waals surface area contributed by atoms with Crippen LogP contribution in [0.1, 0.15) is 23.7 Å². The molecule has 1 aromatic rings. The summed E-state index contributed by atoms with van der Waals surface area (Å²) in [6.07, 6.45) is -2.77. The molecule has 0 aromatic carbocycles. The molecule has 0 spiro atoms. The molecule has 1 aromatic heterocycles. The summed E-state index contributed by atoms with van der Waals surface area (Å²) in [5.74, 6) is -0.583. The van der Waals surface area contributed by atoms with E-state index in [1.807, 2.05) is 0 Å². The maximum Gasteiger partial charge on any atom is 0.390 e. The summed E-state index contributed by atoms with van der Waals surface area (Å²) in [5, 5.41) is 3.64.